The molecule has 0 saturated carbocycles. The van der Waals surface area contributed by atoms with Crippen LogP contribution in [-0.4, -0.2) is 27.4 Å². The van der Waals surface area contributed by atoms with E-state index in [9.17, 15) is 26.4 Å². The maximum absolute atomic E-state index is 13.1. The second kappa shape index (κ2) is 8.84. The van der Waals surface area contributed by atoms with E-state index >= 15 is 0 Å². The number of hydrogen-bond donors (Lipinski definition) is 1. The lowest BCUT2D eigenvalue weighted by molar-refractivity contribution is -0.137. The van der Waals surface area contributed by atoms with E-state index < -0.39 is 27.7 Å². The number of halogens is 3. The Labute approximate surface area is 166 Å². The summed E-state index contributed by atoms with van der Waals surface area (Å²) >= 11 is 0. The Morgan fingerprint density at radius 3 is 2.52 bits per heavy atom. The second-order valence-electron chi connectivity index (χ2n) is 5.79. The number of carbonyl (C=O) groups excluding carboxylic acids is 1. The lowest BCUT2D eigenvalue weighted by atomic mass is 10.2. The number of sulfonamides is 1. The van der Waals surface area contributed by atoms with Crippen molar-refractivity contribution < 1.29 is 26.4 Å². The third-order valence-electron chi connectivity index (χ3n) is 3.79. The van der Waals surface area contributed by atoms with Gasteiger partial charge in [0.2, 0.25) is 0 Å². The van der Waals surface area contributed by atoms with Crippen LogP contribution in [0.15, 0.2) is 66.1 Å². The topological polar surface area (TPSA) is 66.5 Å². The quantitative estimate of drug-likeness (QED) is 0.549. The van der Waals surface area contributed by atoms with Crippen LogP contribution in [0.2, 0.25) is 0 Å². The Balaban J connectivity index is 2.50. The minimum Gasteiger partial charge on any atom is -0.341 e. The first-order valence-electron chi connectivity index (χ1n) is 8.24. The van der Waals surface area contributed by atoms with Gasteiger partial charge in [-0.3, -0.25) is 9.10 Å². The molecule has 1 N–H and O–H groups in total. The number of alkyl halides is 3. The number of amides is 1. The lowest BCUT2D eigenvalue weighted by Crippen LogP contribution is -2.32. The van der Waals surface area contributed by atoms with Crippen molar-refractivity contribution in [1.29, 1.82) is 0 Å². The summed E-state index contributed by atoms with van der Waals surface area (Å²) in [6, 6.07) is 9.08. The van der Waals surface area contributed by atoms with Gasteiger partial charge in [0.1, 0.15) is 0 Å². The molecule has 0 aliphatic rings. The molecular weight excluding hydrogens is 405 g/mol. The van der Waals surface area contributed by atoms with Crippen LogP contribution < -0.4 is 9.62 Å². The molecule has 0 fully saturated rings. The summed E-state index contributed by atoms with van der Waals surface area (Å²) in [5, 5.41) is 2.41. The van der Waals surface area contributed by atoms with E-state index in [1.54, 1.807) is 0 Å². The van der Waals surface area contributed by atoms with Gasteiger partial charge < -0.3 is 5.32 Å². The van der Waals surface area contributed by atoms with Gasteiger partial charge in [-0.25, -0.2) is 8.42 Å². The summed E-state index contributed by atoms with van der Waals surface area (Å²) in [5.41, 5.74) is -1.12. The molecule has 29 heavy (non-hydrogen) atoms. The molecule has 0 radical (unpaired) electrons. The third-order valence-corrected chi connectivity index (χ3v) is 5.58. The fraction of sp³-hybridized carbons (Fsp3) is 0.150. The summed E-state index contributed by atoms with van der Waals surface area (Å²) in [6.45, 7) is 3.17. The van der Waals surface area contributed by atoms with Crippen molar-refractivity contribution in [1.82, 2.24) is 5.32 Å². The standard InChI is InChI=1S/C20H17F3N2O3S/c1-3-11-24-19(26)15-7-5-10-18(13-15)29(27,28)25(12-4-2)17-9-6-8-16(14-17)20(21,22)23/h1,4-10,13-14H,2,11-12H2,(H,24,26). The van der Waals surface area contributed by atoms with Gasteiger partial charge in [-0.2, -0.15) is 13.2 Å². The van der Waals surface area contributed by atoms with Crippen LogP contribution in [0.4, 0.5) is 18.9 Å². The highest BCUT2D eigenvalue weighted by molar-refractivity contribution is 7.92. The molecule has 1 amide bonds. The number of nitrogens with one attached hydrogen (secondary N) is 1. The van der Waals surface area contributed by atoms with Gasteiger partial charge in [0.05, 0.1) is 29.2 Å². The van der Waals surface area contributed by atoms with Gasteiger partial charge in [-0.05, 0) is 36.4 Å². The first-order chi connectivity index (χ1) is 13.6. The number of hydrogen-bond acceptors (Lipinski definition) is 3. The van der Waals surface area contributed by atoms with Crippen LogP contribution in [0.25, 0.3) is 0 Å². The Hall–Kier alpha value is -3.25. The van der Waals surface area contributed by atoms with E-state index in [-0.39, 0.29) is 29.2 Å². The zero-order valence-corrected chi connectivity index (χ0v) is 15.9. The molecular formula is C20H17F3N2O3S. The number of terminal acetylenes is 1. The first kappa shape index (κ1) is 22.0. The first-order valence-corrected chi connectivity index (χ1v) is 9.68. The van der Waals surface area contributed by atoms with Crippen LogP contribution in [0, 0.1) is 12.3 Å². The van der Waals surface area contributed by atoms with Crippen molar-refractivity contribution in [2.24, 2.45) is 0 Å². The lowest BCUT2D eigenvalue weighted by Gasteiger charge is -2.24. The largest absolute Gasteiger partial charge is 0.416 e. The van der Waals surface area contributed by atoms with Crippen molar-refractivity contribution in [2.75, 3.05) is 17.4 Å². The highest BCUT2D eigenvalue weighted by atomic mass is 32.2. The highest BCUT2D eigenvalue weighted by Gasteiger charge is 2.32. The summed E-state index contributed by atoms with van der Waals surface area (Å²) < 4.78 is 66.1. The van der Waals surface area contributed by atoms with Crippen molar-refractivity contribution in [3.63, 3.8) is 0 Å². The maximum Gasteiger partial charge on any atom is 0.416 e. The van der Waals surface area contributed by atoms with E-state index in [2.05, 4.69) is 17.8 Å². The van der Waals surface area contributed by atoms with Crippen LogP contribution in [0.5, 0.6) is 0 Å². The minimum absolute atomic E-state index is 0.0391. The van der Waals surface area contributed by atoms with Crippen molar-refractivity contribution in [3.8, 4) is 12.3 Å². The third kappa shape index (κ3) is 5.18. The van der Waals surface area contributed by atoms with E-state index in [1.165, 1.54) is 30.3 Å². The molecule has 2 rings (SSSR count). The summed E-state index contributed by atoms with van der Waals surface area (Å²) in [5.74, 6) is 1.65. The van der Waals surface area contributed by atoms with Gasteiger partial charge in [-0.15, -0.1) is 13.0 Å². The van der Waals surface area contributed by atoms with Crippen molar-refractivity contribution in [2.45, 2.75) is 11.1 Å². The molecule has 0 aliphatic heterocycles. The predicted octanol–water partition coefficient (Wildman–Crippen LogP) is 3.45. The molecule has 2 aromatic rings. The van der Waals surface area contributed by atoms with Crippen LogP contribution in [0.1, 0.15) is 15.9 Å². The van der Waals surface area contributed by atoms with Gasteiger partial charge in [-0.1, -0.05) is 24.1 Å². The fourth-order valence-corrected chi connectivity index (χ4v) is 3.93. The highest BCUT2D eigenvalue weighted by Crippen LogP contribution is 2.33. The molecule has 0 atom stereocenters. The number of benzene rings is 2. The zero-order valence-electron chi connectivity index (χ0n) is 15.1. The summed E-state index contributed by atoms with van der Waals surface area (Å²) in [7, 11) is -4.28. The van der Waals surface area contributed by atoms with Crippen LogP contribution >= 0.6 is 0 Å². The SMILES string of the molecule is C#CCNC(=O)c1cccc(S(=O)(=O)N(CC=C)c2cccc(C(F)(F)F)c2)c1. The molecule has 2 aromatic carbocycles. The fourth-order valence-electron chi connectivity index (χ4n) is 2.46. The Kier molecular flexibility index (Phi) is 6.72. The summed E-state index contributed by atoms with van der Waals surface area (Å²) in [6.07, 6.45) is 1.70. The van der Waals surface area contributed by atoms with Crippen molar-refractivity contribution >= 4 is 21.6 Å². The Morgan fingerprint density at radius 2 is 1.90 bits per heavy atom. The molecule has 0 spiro atoms. The molecule has 0 unspecified atom stereocenters. The molecule has 0 bridgehead atoms. The molecule has 152 valence electrons. The molecule has 5 nitrogen and oxygen atoms in total. The normalized spacial score (nSPS) is 11.4. The maximum atomic E-state index is 13.1. The molecule has 0 aromatic heterocycles. The smallest absolute Gasteiger partial charge is 0.341 e. The monoisotopic (exact) mass is 422 g/mol. The number of carbonyl (C=O) groups is 1. The number of nitrogens with zero attached hydrogens (tertiary/aromatic N) is 1. The second-order valence-corrected chi connectivity index (χ2v) is 7.65. The van der Waals surface area contributed by atoms with Gasteiger partial charge in [0, 0.05) is 5.56 Å². The average molecular weight is 422 g/mol. The number of rotatable bonds is 7. The van der Waals surface area contributed by atoms with E-state index in [0.29, 0.717) is 0 Å². The predicted molar refractivity (Wildman–Crippen MR) is 104 cm³/mol. The number of anilines is 1. The van der Waals surface area contributed by atoms with Crippen molar-refractivity contribution in [3.05, 3.63) is 72.3 Å². The van der Waals surface area contributed by atoms with Gasteiger partial charge in [0.15, 0.2) is 0 Å². The van der Waals surface area contributed by atoms with Crippen LogP contribution in [0.3, 0.4) is 0 Å². The van der Waals surface area contributed by atoms with Crippen LogP contribution in [-0.2, 0) is 16.2 Å². The minimum atomic E-state index is -4.63. The molecule has 0 heterocycles. The Bertz CT molecular complexity index is 1060. The molecule has 9 heteroatoms. The molecule has 0 saturated heterocycles. The van der Waals surface area contributed by atoms with E-state index in [4.69, 9.17) is 6.42 Å². The van der Waals surface area contributed by atoms with E-state index in [0.717, 1.165) is 28.6 Å². The molecule has 0 aliphatic carbocycles. The van der Waals surface area contributed by atoms with E-state index in [1.807, 2.05) is 0 Å². The summed E-state index contributed by atoms with van der Waals surface area (Å²) in [4.78, 5) is 11.8. The van der Waals surface area contributed by atoms with Gasteiger partial charge >= 0.3 is 6.18 Å². The Morgan fingerprint density at radius 1 is 1.21 bits per heavy atom. The van der Waals surface area contributed by atoms with Gasteiger partial charge in [0.25, 0.3) is 15.9 Å². The zero-order chi connectivity index (χ0) is 21.7. The average Bonchev–Trinajstić information content (AvgIpc) is 2.69.